The Morgan fingerprint density at radius 2 is 1.76 bits per heavy atom. The molecule has 7 heteroatoms. The number of amides is 2. The van der Waals surface area contributed by atoms with Crippen LogP contribution in [0.15, 0.2) is 30.3 Å². The van der Waals surface area contributed by atoms with Crippen LogP contribution in [0.25, 0.3) is 0 Å². The van der Waals surface area contributed by atoms with E-state index >= 15 is 0 Å². The number of urea groups is 1. The second-order valence-corrected chi connectivity index (χ2v) is 6.50. The third-order valence-electron chi connectivity index (χ3n) is 3.08. The molecule has 0 aliphatic carbocycles. The van der Waals surface area contributed by atoms with Gasteiger partial charge in [-0.2, -0.15) is 0 Å². The molecule has 0 heterocycles. The lowest BCUT2D eigenvalue weighted by molar-refractivity contribution is -0.138. The Morgan fingerprint density at radius 1 is 1.19 bits per heavy atom. The molecule has 1 rings (SSSR count). The first-order chi connectivity index (χ1) is 9.91. The van der Waals surface area contributed by atoms with E-state index in [0.29, 0.717) is 5.56 Å². The quantitative estimate of drug-likeness (QED) is 0.697. The zero-order valence-corrected chi connectivity index (χ0v) is 12.9. The summed E-state index contributed by atoms with van der Waals surface area (Å²) in [5.74, 6) is -1.79. The number of hydrogen-bond acceptors (Lipinski definition) is 3. The van der Waals surface area contributed by atoms with Crippen LogP contribution in [0.1, 0.15) is 18.4 Å². The predicted octanol–water partition coefficient (Wildman–Crippen LogP) is 0.921. The Hall–Kier alpha value is -1.89. The van der Waals surface area contributed by atoms with Crippen LogP contribution < -0.4 is 10.6 Å². The van der Waals surface area contributed by atoms with Gasteiger partial charge in [0.05, 0.1) is 5.92 Å². The van der Waals surface area contributed by atoms with Gasteiger partial charge in [-0.3, -0.25) is 9.00 Å². The molecular formula is C14H20N2O4S. The highest BCUT2D eigenvalue weighted by molar-refractivity contribution is 7.84. The number of hydrogen-bond donors (Lipinski definition) is 3. The van der Waals surface area contributed by atoms with E-state index in [0.717, 1.165) is 0 Å². The average molecular weight is 312 g/mol. The van der Waals surface area contributed by atoms with Crippen LogP contribution in [0.5, 0.6) is 0 Å². The van der Waals surface area contributed by atoms with Crippen molar-refractivity contribution >= 4 is 22.8 Å². The van der Waals surface area contributed by atoms with E-state index < -0.39 is 28.7 Å². The van der Waals surface area contributed by atoms with Gasteiger partial charge >= 0.3 is 12.0 Å². The van der Waals surface area contributed by atoms with Crippen molar-refractivity contribution in [2.24, 2.45) is 0 Å². The smallest absolute Gasteiger partial charge is 0.314 e. The van der Waals surface area contributed by atoms with Crippen molar-refractivity contribution in [3.63, 3.8) is 0 Å². The van der Waals surface area contributed by atoms with Crippen LogP contribution in [0, 0.1) is 0 Å². The number of nitrogens with one attached hydrogen (secondary N) is 2. The fourth-order valence-electron chi connectivity index (χ4n) is 1.64. The van der Waals surface area contributed by atoms with Gasteiger partial charge in [0.25, 0.3) is 0 Å². The van der Waals surface area contributed by atoms with Gasteiger partial charge in [0.2, 0.25) is 0 Å². The topological polar surface area (TPSA) is 95.5 Å². The lowest BCUT2D eigenvalue weighted by atomic mass is 9.99. The molecule has 0 bridgehead atoms. The molecule has 0 aliphatic rings. The molecule has 1 aromatic carbocycles. The van der Waals surface area contributed by atoms with Crippen LogP contribution >= 0.6 is 0 Å². The standard InChI is InChI=1S/C14H20N2O4S/c1-10(21(2)20)8-15-14(19)16-9-12(13(17)18)11-6-4-3-5-7-11/h3-7,10,12H,8-9H2,1-2H3,(H,17,18)(H2,15,16,19). The maximum absolute atomic E-state index is 11.6. The van der Waals surface area contributed by atoms with Crippen molar-refractivity contribution in [1.29, 1.82) is 0 Å². The lowest BCUT2D eigenvalue weighted by Crippen LogP contribution is -2.42. The fourth-order valence-corrected chi connectivity index (χ4v) is 1.96. The molecule has 3 unspecified atom stereocenters. The van der Waals surface area contributed by atoms with E-state index in [-0.39, 0.29) is 18.3 Å². The van der Waals surface area contributed by atoms with Crippen molar-refractivity contribution in [2.45, 2.75) is 18.1 Å². The zero-order chi connectivity index (χ0) is 15.8. The lowest BCUT2D eigenvalue weighted by Gasteiger charge is -2.15. The van der Waals surface area contributed by atoms with Gasteiger partial charge in [0, 0.05) is 35.4 Å². The third kappa shape index (κ3) is 5.95. The molecule has 0 saturated carbocycles. The number of aliphatic carboxylic acids is 1. The number of carbonyl (C=O) groups excluding carboxylic acids is 1. The number of benzene rings is 1. The van der Waals surface area contributed by atoms with E-state index in [1.54, 1.807) is 43.5 Å². The molecule has 3 N–H and O–H groups in total. The molecular weight excluding hydrogens is 292 g/mol. The minimum Gasteiger partial charge on any atom is -0.481 e. The summed E-state index contributed by atoms with van der Waals surface area (Å²) in [6, 6.07) is 8.26. The Kier molecular flexibility index (Phi) is 6.87. The van der Waals surface area contributed by atoms with Crippen LogP contribution in [0.4, 0.5) is 4.79 Å². The van der Waals surface area contributed by atoms with Crippen LogP contribution in [-0.2, 0) is 15.6 Å². The van der Waals surface area contributed by atoms with Crippen molar-refractivity contribution < 1.29 is 18.9 Å². The van der Waals surface area contributed by atoms with Gasteiger partial charge in [0.1, 0.15) is 0 Å². The van der Waals surface area contributed by atoms with Gasteiger partial charge in [-0.05, 0) is 12.5 Å². The van der Waals surface area contributed by atoms with Gasteiger partial charge in [-0.1, -0.05) is 30.3 Å². The largest absolute Gasteiger partial charge is 0.481 e. The molecule has 1 aromatic rings. The summed E-state index contributed by atoms with van der Waals surface area (Å²) >= 11 is 0. The van der Waals surface area contributed by atoms with E-state index in [4.69, 9.17) is 0 Å². The van der Waals surface area contributed by atoms with Crippen LogP contribution in [0.3, 0.4) is 0 Å². The second kappa shape index (κ2) is 8.41. The van der Waals surface area contributed by atoms with E-state index in [2.05, 4.69) is 10.6 Å². The van der Waals surface area contributed by atoms with Crippen molar-refractivity contribution in [3.05, 3.63) is 35.9 Å². The number of carboxylic acids is 1. The minimum absolute atomic E-state index is 0.00518. The summed E-state index contributed by atoms with van der Waals surface area (Å²) in [5.41, 5.74) is 0.633. The van der Waals surface area contributed by atoms with Crippen LogP contribution in [0.2, 0.25) is 0 Å². The Bertz CT molecular complexity index is 507. The normalized spacial score (nSPS) is 14.8. The Morgan fingerprint density at radius 3 is 2.29 bits per heavy atom. The average Bonchev–Trinajstić information content (AvgIpc) is 2.45. The van der Waals surface area contributed by atoms with Crippen LogP contribution in [-0.4, -0.2) is 45.9 Å². The number of rotatable bonds is 7. The van der Waals surface area contributed by atoms with Gasteiger partial charge in [-0.15, -0.1) is 0 Å². The fraction of sp³-hybridized carbons (Fsp3) is 0.429. The monoisotopic (exact) mass is 312 g/mol. The molecule has 3 atom stereocenters. The molecule has 0 aromatic heterocycles. The van der Waals surface area contributed by atoms with E-state index in [1.165, 1.54) is 0 Å². The molecule has 0 saturated heterocycles. The maximum Gasteiger partial charge on any atom is 0.314 e. The molecule has 2 amide bonds. The SMILES string of the molecule is CC(CNC(=O)NCC(C(=O)O)c1ccccc1)S(C)=O. The summed E-state index contributed by atoms with van der Waals surface area (Å²) in [5, 5.41) is 14.2. The summed E-state index contributed by atoms with van der Waals surface area (Å²) in [6.45, 7) is 2.03. The Labute approximate surface area is 126 Å². The highest BCUT2D eigenvalue weighted by Crippen LogP contribution is 2.14. The molecule has 6 nitrogen and oxygen atoms in total. The molecule has 116 valence electrons. The van der Waals surface area contributed by atoms with Gasteiger partial charge < -0.3 is 15.7 Å². The highest BCUT2D eigenvalue weighted by atomic mass is 32.2. The molecule has 0 spiro atoms. The third-order valence-corrected chi connectivity index (χ3v) is 4.38. The molecule has 0 fully saturated rings. The first-order valence-electron chi connectivity index (χ1n) is 6.53. The van der Waals surface area contributed by atoms with Crippen molar-refractivity contribution in [2.75, 3.05) is 19.3 Å². The van der Waals surface area contributed by atoms with E-state index in [1.807, 2.05) is 0 Å². The second-order valence-electron chi connectivity index (χ2n) is 4.70. The summed E-state index contributed by atoms with van der Waals surface area (Å²) in [7, 11) is -1.01. The predicted molar refractivity (Wildman–Crippen MR) is 81.7 cm³/mol. The highest BCUT2D eigenvalue weighted by Gasteiger charge is 2.20. The summed E-state index contributed by atoms with van der Waals surface area (Å²) in [4.78, 5) is 22.9. The molecule has 0 aliphatic heterocycles. The van der Waals surface area contributed by atoms with E-state index in [9.17, 15) is 18.9 Å². The van der Waals surface area contributed by atoms with Crippen molar-refractivity contribution in [1.82, 2.24) is 10.6 Å². The first kappa shape index (κ1) is 17.2. The maximum atomic E-state index is 11.6. The van der Waals surface area contributed by atoms with Gasteiger partial charge in [0.15, 0.2) is 0 Å². The number of carbonyl (C=O) groups is 2. The molecule has 21 heavy (non-hydrogen) atoms. The van der Waals surface area contributed by atoms with Gasteiger partial charge in [-0.25, -0.2) is 4.79 Å². The minimum atomic E-state index is -1.01. The summed E-state index contributed by atoms with van der Waals surface area (Å²) < 4.78 is 11.2. The first-order valence-corrected chi connectivity index (χ1v) is 8.15. The Balaban J connectivity index is 2.49. The summed E-state index contributed by atoms with van der Waals surface area (Å²) in [6.07, 6.45) is 1.57. The number of carboxylic acid groups (broad SMARTS) is 1. The zero-order valence-electron chi connectivity index (χ0n) is 12.0. The molecule has 0 radical (unpaired) electrons. The van der Waals surface area contributed by atoms with Crippen molar-refractivity contribution in [3.8, 4) is 0 Å².